The molecule has 0 amide bonds. The molecular weight excluding hydrogens is 342 g/mol. The molecule has 3 rings (SSSR count). The van der Waals surface area contributed by atoms with Gasteiger partial charge in [0.2, 0.25) is 5.78 Å². The number of rotatable bonds is 6. The molecule has 0 aliphatic rings. The van der Waals surface area contributed by atoms with E-state index in [9.17, 15) is 4.79 Å². The number of fused-ring (bicyclic) bond motifs is 1. The van der Waals surface area contributed by atoms with Crippen molar-refractivity contribution in [1.82, 2.24) is 24.1 Å². The molecule has 7 nitrogen and oxygen atoms in total. The molecule has 0 bridgehead atoms. The van der Waals surface area contributed by atoms with Gasteiger partial charge in [-0.2, -0.15) is 9.50 Å². The molecule has 132 valence electrons. The quantitative estimate of drug-likeness (QED) is 0.631. The Morgan fingerprint density at radius 3 is 2.80 bits per heavy atom. The lowest BCUT2D eigenvalue weighted by molar-refractivity contribution is 0.269. The summed E-state index contributed by atoms with van der Waals surface area (Å²) < 4.78 is 8.75. The maximum atomic E-state index is 12.2. The summed E-state index contributed by atoms with van der Waals surface area (Å²) in [6.45, 7) is 7.12. The van der Waals surface area contributed by atoms with Crippen LogP contribution in [0.3, 0.4) is 0 Å². The predicted molar refractivity (Wildman–Crippen MR) is 95.3 cm³/mol. The van der Waals surface area contributed by atoms with Crippen molar-refractivity contribution in [2.45, 2.75) is 33.7 Å². The second-order valence-corrected chi connectivity index (χ2v) is 6.72. The van der Waals surface area contributed by atoms with Gasteiger partial charge in [0.25, 0.3) is 5.56 Å². The molecule has 3 aromatic rings. The SMILES string of the molecule is Cc1cc(=O)n2nc(OCCC(C)C)nc2n1Cc1ccc(Cl)nc1. The van der Waals surface area contributed by atoms with Gasteiger partial charge in [0.05, 0.1) is 13.2 Å². The molecule has 0 unspecified atom stereocenters. The van der Waals surface area contributed by atoms with E-state index in [1.807, 2.05) is 17.6 Å². The first-order chi connectivity index (χ1) is 11.9. The maximum absolute atomic E-state index is 12.2. The highest BCUT2D eigenvalue weighted by molar-refractivity contribution is 6.29. The van der Waals surface area contributed by atoms with Gasteiger partial charge < -0.3 is 9.30 Å². The van der Waals surface area contributed by atoms with Crippen LogP contribution in [-0.4, -0.2) is 30.8 Å². The van der Waals surface area contributed by atoms with Gasteiger partial charge in [-0.15, -0.1) is 5.10 Å². The molecule has 3 aromatic heterocycles. The average molecular weight is 362 g/mol. The Kier molecular flexibility index (Phi) is 5.03. The Balaban J connectivity index is 1.95. The molecule has 0 saturated heterocycles. The van der Waals surface area contributed by atoms with Gasteiger partial charge in [-0.3, -0.25) is 4.79 Å². The van der Waals surface area contributed by atoms with E-state index >= 15 is 0 Å². The monoisotopic (exact) mass is 361 g/mol. The lowest BCUT2D eigenvalue weighted by atomic mass is 10.1. The maximum Gasteiger partial charge on any atom is 0.337 e. The molecule has 0 fully saturated rings. The van der Waals surface area contributed by atoms with Gasteiger partial charge in [-0.1, -0.05) is 31.5 Å². The minimum Gasteiger partial charge on any atom is -0.462 e. The summed E-state index contributed by atoms with van der Waals surface area (Å²) in [5.74, 6) is 0.969. The number of aromatic nitrogens is 5. The summed E-state index contributed by atoms with van der Waals surface area (Å²) in [6.07, 6.45) is 2.60. The van der Waals surface area contributed by atoms with Crippen molar-refractivity contribution in [3.05, 3.63) is 51.2 Å². The Hall–Kier alpha value is -2.41. The number of halogens is 1. The Morgan fingerprint density at radius 1 is 1.32 bits per heavy atom. The molecule has 0 atom stereocenters. The highest BCUT2D eigenvalue weighted by atomic mass is 35.5. The van der Waals surface area contributed by atoms with Gasteiger partial charge in [-0.25, -0.2) is 4.98 Å². The molecule has 0 N–H and O–H groups in total. The van der Waals surface area contributed by atoms with E-state index in [2.05, 4.69) is 28.9 Å². The van der Waals surface area contributed by atoms with Crippen LogP contribution in [0.1, 0.15) is 31.5 Å². The van der Waals surface area contributed by atoms with Crippen molar-refractivity contribution in [3.63, 3.8) is 0 Å². The van der Waals surface area contributed by atoms with Crippen molar-refractivity contribution in [2.24, 2.45) is 5.92 Å². The first-order valence-corrected chi connectivity index (χ1v) is 8.52. The van der Waals surface area contributed by atoms with Crippen LogP contribution in [0, 0.1) is 12.8 Å². The van der Waals surface area contributed by atoms with Crippen molar-refractivity contribution < 1.29 is 4.74 Å². The van der Waals surface area contributed by atoms with E-state index in [0.717, 1.165) is 17.7 Å². The number of ether oxygens (including phenoxy) is 1. The predicted octanol–water partition coefficient (Wildman–Crippen LogP) is 2.72. The molecular formula is C17H20ClN5O2. The van der Waals surface area contributed by atoms with Crippen molar-refractivity contribution in [3.8, 4) is 6.01 Å². The van der Waals surface area contributed by atoms with Crippen molar-refractivity contribution in [2.75, 3.05) is 6.61 Å². The smallest absolute Gasteiger partial charge is 0.337 e. The highest BCUT2D eigenvalue weighted by Gasteiger charge is 2.13. The fourth-order valence-corrected chi connectivity index (χ4v) is 2.52. The Bertz CT molecular complexity index is 931. The van der Waals surface area contributed by atoms with E-state index in [-0.39, 0.29) is 11.6 Å². The fourth-order valence-electron chi connectivity index (χ4n) is 2.41. The molecule has 25 heavy (non-hydrogen) atoms. The normalized spacial score (nSPS) is 11.4. The summed E-state index contributed by atoms with van der Waals surface area (Å²) in [4.78, 5) is 20.7. The van der Waals surface area contributed by atoms with Crippen LogP contribution in [0.4, 0.5) is 0 Å². The van der Waals surface area contributed by atoms with Crippen LogP contribution >= 0.6 is 11.6 Å². The largest absolute Gasteiger partial charge is 0.462 e. The summed E-state index contributed by atoms with van der Waals surface area (Å²) >= 11 is 5.83. The van der Waals surface area contributed by atoms with Crippen molar-refractivity contribution in [1.29, 1.82) is 0 Å². The van der Waals surface area contributed by atoms with Gasteiger partial charge in [0, 0.05) is 18.0 Å². The third kappa shape index (κ3) is 3.99. The third-order valence-corrected chi connectivity index (χ3v) is 4.06. The average Bonchev–Trinajstić information content (AvgIpc) is 2.97. The third-order valence-electron chi connectivity index (χ3n) is 3.83. The standard InChI is InChI=1S/C17H20ClN5O2/c1-11(2)6-7-25-16-20-17-22(10-13-4-5-14(18)19-9-13)12(3)8-15(24)23(17)21-16/h4-5,8-9,11H,6-7,10H2,1-3H3. The van der Waals surface area contributed by atoms with E-state index < -0.39 is 0 Å². The zero-order chi connectivity index (χ0) is 18.0. The molecule has 0 saturated carbocycles. The molecule has 0 aliphatic carbocycles. The van der Waals surface area contributed by atoms with Crippen LogP contribution < -0.4 is 10.3 Å². The number of hydrogen-bond donors (Lipinski definition) is 0. The summed E-state index contributed by atoms with van der Waals surface area (Å²) in [5, 5.41) is 4.62. The van der Waals surface area contributed by atoms with Gasteiger partial charge in [0.1, 0.15) is 5.15 Å². The lowest BCUT2D eigenvalue weighted by Gasteiger charge is -2.11. The minimum absolute atomic E-state index is 0.214. The number of pyridine rings is 1. The van der Waals surface area contributed by atoms with Gasteiger partial charge >= 0.3 is 6.01 Å². The second-order valence-electron chi connectivity index (χ2n) is 6.34. The van der Waals surface area contributed by atoms with Crippen LogP contribution in [-0.2, 0) is 6.54 Å². The van der Waals surface area contributed by atoms with E-state index in [4.69, 9.17) is 16.3 Å². The van der Waals surface area contributed by atoms with E-state index in [1.54, 1.807) is 12.3 Å². The minimum atomic E-state index is -0.232. The molecule has 0 radical (unpaired) electrons. The molecule has 0 aromatic carbocycles. The molecule has 0 spiro atoms. The molecule has 8 heteroatoms. The number of aryl methyl sites for hydroxylation is 1. The Labute approximate surface area is 150 Å². The van der Waals surface area contributed by atoms with E-state index in [1.165, 1.54) is 10.6 Å². The van der Waals surface area contributed by atoms with Gasteiger partial charge in [0.15, 0.2) is 0 Å². The second kappa shape index (κ2) is 7.23. The van der Waals surface area contributed by atoms with Crippen LogP contribution in [0.2, 0.25) is 5.15 Å². The van der Waals surface area contributed by atoms with Crippen molar-refractivity contribution >= 4 is 17.4 Å². The first kappa shape index (κ1) is 17.4. The van der Waals surface area contributed by atoms with Crippen LogP contribution in [0.5, 0.6) is 6.01 Å². The zero-order valence-corrected chi connectivity index (χ0v) is 15.2. The number of hydrogen-bond acceptors (Lipinski definition) is 5. The molecule has 0 aliphatic heterocycles. The van der Waals surface area contributed by atoms with E-state index in [0.29, 0.717) is 30.0 Å². The summed E-state index contributed by atoms with van der Waals surface area (Å²) in [5.41, 5.74) is 1.50. The molecule has 3 heterocycles. The first-order valence-electron chi connectivity index (χ1n) is 8.14. The topological polar surface area (TPSA) is 74.3 Å². The van der Waals surface area contributed by atoms with Gasteiger partial charge in [-0.05, 0) is 30.9 Å². The highest BCUT2D eigenvalue weighted by Crippen LogP contribution is 2.13. The Morgan fingerprint density at radius 2 is 2.12 bits per heavy atom. The van der Waals surface area contributed by atoms with Crippen LogP contribution in [0.15, 0.2) is 29.2 Å². The summed E-state index contributed by atoms with van der Waals surface area (Å²) in [7, 11) is 0. The lowest BCUT2D eigenvalue weighted by Crippen LogP contribution is -2.20. The summed E-state index contributed by atoms with van der Waals surface area (Å²) in [6, 6.07) is 5.37. The number of nitrogens with zero attached hydrogens (tertiary/aromatic N) is 5. The zero-order valence-electron chi connectivity index (χ0n) is 14.4. The fraction of sp³-hybridized carbons (Fsp3) is 0.412. The van der Waals surface area contributed by atoms with Crippen LogP contribution in [0.25, 0.3) is 5.78 Å².